The van der Waals surface area contributed by atoms with Crippen LogP contribution in [0.3, 0.4) is 0 Å². The molecule has 0 atom stereocenters. The van der Waals surface area contributed by atoms with E-state index in [-0.39, 0.29) is 12.4 Å². The topological polar surface area (TPSA) is 51.0 Å². The molecule has 0 saturated carbocycles. The summed E-state index contributed by atoms with van der Waals surface area (Å²) in [5, 5.41) is 11.7. The van der Waals surface area contributed by atoms with Gasteiger partial charge in [0.2, 0.25) is 0 Å². The quantitative estimate of drug-likeness (QED) is 0.333. The van der Waals surface area contributed by atoms with Gasteiger partial charge in [-0.1, -0.05) is 17.3 Å². The summed E-state index contributed by atoms with van der Waals surface area (Å²) >= 11 is 2.12. The maximum atomic E-state index is 13.2. The molecule has 0 spiro atoms. The predicted molar refractivity (Wildman–Crippen MR) is 90.4 cm³/mol. The highest BCUT2D eigenvalue weighted by Gasteiger charge is 2.12. The molecule has 0 aromatic heterocycles. The van der Waals surface area contributed by atoms with Gasteiger partial charge in [0.25, 0.3) is 0 Å². The van der Waals surface area contributed by atoms with Crippen molar-refractivity contribution >= 4 is 28.8 Å². The van der Waals surface area contributed by atoms with E-state index in [9.17, 15) is 4.39 Å². The Bertz CT molecular complexity index is 676. The van der Waals surface area contributed by atoms with Gasteiger partial charge >= 0.3 is 0 Å². The molecule has 0 aliphatic carbocycles. The van der Waals surface area contributed by atoms with Crippen molar-refractivity contribution in [3.05, 3.63) is 56.9 Å². The molecule has 0 fully saturated rings. The number of oxime groups is 1. The van der Waals surface area contributed by atoms with Gasteiger partial charge in [-0.25, -0.2) is 4.39 Å². The number of ether oxygens (including phenoxy) is 2. The van der Waals surface area contributed by atoms with E-state index >= 15 is 0 Å². The summed E-state index contributed by atoms with van der Waals surface area (Å²) in [6, 6.07) is 9.80. The fourth-order valence-corrected chi connectivity index (χ4v) is 2.70. The van der Waals surface area contributed by atoms with E-state index in [0.29, 0.717) is 23.7 Å². The van der Waals surface area contributed by atoms with Crippen LogP contribution >= 0.6 is 22.6 Å². The van der Waals surface area contributed by atoms with Gasteiger partial charge in [-0.2, -0.15) is 0 Å². The molecule has 0 aliphatic rings. The monoisotopic (exact) mass is 415 g/mol. The van der Waals surface area contributed by atoms with Crippen LogP contribution in [0, 0.1) is 9.39 Å². The smallest absolute Gasteiger partial charge is 0.175 e. The van der Waals surface area contributed by atoms with Gasteiger partial charge in [-0.05, 0) is 59.3 Å². The fourth-order valence-electron chi connectivity index (χ4n) is 1.91. The van der Waals surface area contributed by atoms with E-state index < -0.39 is 0 Å². The molecule has 0 bridgehead atoms. The second kappa shape index (κ2) is 7.98. The van der Waals surface area contributed by atoms with E-state index in [1.165, 1.54) is 18.3 Å². The zero-order valence-electron chi connectivity index (χ0n) is 11.9. The van der Waals surface area contributed by atoms with E-state index in [1.54, 1.807) is 18.2 Å². The largest absolute Gasteiger partial charge is 0.490 e. The van der Waals surface area contributed by atoms with Crippen LogP contribution in [0.4, 0.5) is 4.39 Å². The first-order chi connectivity index (χ1) is 10.6. The number of nitrogens with zero attached hydrogens (tertiary/aromatic N) is 1. The summed E-state index contributed by atoms with van der Waals surface area (Å²) < 4.78 is 25.4. The van der Waals surface area contributed by atoms with Crippen LogP contribution in [0.25, 0.3) is 0 Å². The highest BCUT2D eigenvalue weighted by Crippen LogP contribution is 2.34. The van der Waals surface area contributed by atoms with Gasteiger partial charge in [0.1, 0.15) is 12.4 Å². The standard InChI is InChI=1S/C16H15FINO3/c1-2-21-15-8-12(9-19-20)7-14(18)16(15)22-10-11-4-3-5-13(17)6-11/h3-9,20H,2,10H2,1H3. The Morgan fingerprint density at radius 2 is 2.09 bits per heavy atom. The fraction of sp³-hybridized carbons (Fsp3) is 0.188. The molecule has 0 saturated heterocycles. The van der Waals surface area contributed by atoms with E-state index in [4.69, 9.17) is 14.7 Å². The maximum Gasteiger partial charge on any atom is 0.175 e. The van der Waals surface area contributed by atoms with Crippen molar-refractivity contribution in [3.8, 4) is 11.5 Å². The second-order valence-electron chi connectivity index (χ2n) is 4.43. The van der Waals surface area contributed by atoms with Crippen molar-refractivity contribution in [1.82, 2.24) is 0 Å². The Balaban J connectivity index is 2.25. The zero-order chi connectivity index (χ0) is 15.9. The SMILES string of the molecule is CCOc1cc(C=NO)cc(I)c1OCc1cccc(F)c1. The van der Waals surface area contributed by atoms with Crippen molar-refractivity contribution < 1.29 is 19.1 Å². The van der Waals surface area contributed by atoms with Crippen LogP contribution in [0.15, 0.2) is 41.6 Å². The molecule has 0 unspecified atom stereocenters. The number of halogens is 2. The van der Waals surface area contributed by atoms with Crippen LogP contribution in [0.5, 0.6) is 11.5 Å². The molecular weight excluding hydrogens is 400 g/mol. The predicted octanol–water partition coefficient (Wildman–Crippen LogP) is 4.22. The summed E-state index contributed by atoms with van der Waals surface area (Å²) in [6.07, 6.45) is 1.32. The first kappa shape index (κ1) is 16.5. The molecule has 2 rings (SSSR count). The van der Waals surface area contributed by atoms with Gasteiger partial charge in [0, 0.05) is 5.56 Å². The number of hydrogen-bond acceptors (Lipinski definition) is 4. The lowest BCUT2D eigenvalue weighted by Crippen LogP contribution is -2.02. The molecule has 1 N–H and O–H groups in total. The molecule has 0 aliphatic heterocycles. The molecule has 116 valence electrons. The van der Waals surface area contributed by atoms with Crippen LogP contribution in [0.2, 0.25) is 0 Å². The highest BCUT2D eigenvalue weighted by molar-refractivity contribution is 14.1. The Labute approximate surface area is 141 Å². The lowest BCUT2D eigenvalue weighted by molar-refractivity contribution is 0.267. The summed E-state index contributed by atoms with van der Waals surface area (Å²) in [5.74, 6) is 0.845. The van der Waals surface area contributed by atoms with Crippen LogP contribution in [-0.2, 0) is 6.61 Å². The molecule has 0 heterocycles. The minimum Gasteiger partial charge on any atom is -0.490 e. The third-order valence-electron chi connectivity index (χ3n) is 2.81. The first-order valence-electron chi connectivity index (χ1n) is 6.65. The van der Waals surface area contributed by atoms with Gasteiger partial charge in [-0.3, -0.25) is 0 Å². The molecular formula is C16H15FINO3. The van der Waals surface area contributed by atoms with Crippen molar-refractivity contribution in [2.24, 2.45) is 5.16 Å². The third-order valence-corrected chi connectivity index (χ3v) is 3.61. The van der Waals surface area contributed by atoms with Crippen LogP contribution < -0.4 is 9.47 Å². The van der Waals surface area contributed by atoms with E-state index in [0.717, 1.165) is 9.13 Å². The minimum absolute atomic E-state index is 0.237. The molecule has 4 nitrogen and oxygen atoms in total. The molecule has 2 aromatic rings. The van der Waals surface area contributed by atoms with Gasteiger partial charge in [0.15, 0.2) is 11.5 Å². The highest BCUT2D eigenvalue weighted by atomic mass is 127. The van der Waals surface area contributed by atoms with Gasteiger partial charge in [0.05, 0.1) is 16.4 Å². The molecule has 6 heteroatoms. The molecule has 22 heavy (non-hydrogen) atoms. The minimum atomic E-state index is -0.296. The summed E-state index contributed by atoms with van der Waals surface area (Å²) in [7, 11) is 0. The van der Waals surface area contributed by atoms with Gasteiger partial charge < -0.3 is 14.7 Å². The van der Waals surface area contributed by atoms with Crippen molar-refractivity contribution in [3.63, 3.8) is 0 Å². The second-order valence-corrected chi connectivity index (χ2v) is 5.59. The normalized spacial score (nSPS) is 10.9. The first-order valence-corrected chi connectivity index (χ1v) is 7.73. The Hall–Kier alpha value is -1.83. The lowest BCUT2D eigenvalue weighted by Gasteiger charge is -2.14. The number of rotatable bonds is 6. The Kier molecular flexibility index (Phi) is 6.00. The Morgan fingerprint density at radius 3 is 2.77 bits per heavy atom. The average Bonchev–Trinajstić information content (AvgIpc) is 2.47. The average molecular weight is 415 g/mol. The molecule has 2 aromatic carbocycles. The number of hydrogen-bond donors (Lipinski definition) is 1. The Morgan fingerprint density at radius 1 is 1.27 bits per heavy atom. The van der Waals surface area contributed by atoms with E-state index in [1.807, 2.05) is 13.0 Å². The maximum absolute atomic E-state index is 13.2. The summed E-state index contributed by atoms with van der Waals surface area (Å²) in [5.41, 5.74) is 1.44. The summed E-state index contributed by atoms with van der Waals surface area (Å²) in [4.78, 5) is 0. The zero-order valence-corrected chi connectivity index (χ0v) is 14.1. The van der Waals surface area contributed by atoms with E-state index in [2.05, 4.69) is 27.7 Å². The van der Waals surface area contributed by atoms with Crippen molar-refractivity contribution in [2.75, 3.05) is 6.61 Å². The van der Waals surface area contributed by atoms with Crippen LogP contribution in [0.1, 0.15) is 18.1 Å². The van der Waals surface area contributed by atoms with Crippen molar-refractivity contribution in [1.29, 1.82) is 0 Å². The third kappa shape index (κ3) is 4.33. The molecule has 0 radical (unpaired) electrons. The lowest BCUT2D eigenvalue weighted by atomic mass is 10.2. The molecule has 0 amide bonds. The number of benzene rings is 2. The van der Waals surface area contributed by atoms with Crippen molar-refractivity contribution in [2.45, 2.75) is 13.5 Å². The van der Waals surface area contributed by atoms with Crippen LogP contribution in [-0.4, -0.2) is 18.0 Å². The van der Waals surface area contributed by atoms with Gasteiger partial charge in [-0.15, -0.1) is 0 Å². The summed E-state index contributed by atoms with van der Waals surface area (Å²) in [6.45, 7) is 2.59.